The van der Waals surface area contributed by atoms with Crippen molar-refractivity contribution >= 4 is 109 Å². The van der Waals surface area contributed by atoms with Gasteiger partial charge >= 0.3 is 0 Å². The van der Waals surface area contributed by atoms with Gasteiger partial charge in [0, 0.05) is 98.9 Å². The van der Waals surface area contributed by atoms with Crippen molar-refractivity contribution in [2.45, 2.75) is 0 Å². The van der Waals surface area contributed by atoms with Gasteiger partial charge in [0.15, 0.2) is 11.6 Å². The molecule has 0 radical (unpaired) electrons. The Kier molecular flexibility index (Phi) is 13.8. The Morgan fingerprint density at radius 1 is 0.148 bits per heavy atom. The number of nitrogens with zero attached hydrogens (tertiary/aromatic N) is 8. The van der Waals surface area contributed by atoms with E-state index >= 15 is 0 Å². The van der Waals surface area contributed by atoms with Crippen LogP contribution in [0.15, 0.2) is 376 Å². The molecule has 0 amide bonds. The lowest BCUT2D eigenvalue weighted by molar-refractivity contribution is 1.17. The highest BCUT2D eigenvalue weighted by atomic mass is 15.0. The number of fused-ring (bicyclic) bond motifs is 14. The molecule has 0 aliphatic rings. The van der Waals surface area contributed by atoms with Crippen molar-refractivity contribution in [2.24, 2.45) is 0 Å². The zero-order chi connectivity index (χ0) is 70.9. The average molecular weight is 1380 g/mol. The number of rotatable bonds is 11. The zero-order valence-corrected chi connectivity index (χ0v) is 58.4. The van der Waals surface area contributed by atoms with Crippen molar-refractivity contribution in [1.29, 1.82) is 0 Å². The normalized spacial score (nSPS) is 11.9. The summed E-state index contributed by atoms with van der Waals surface area (Å²) >= 11 is 0. The third-order valence-corrected chi connectivity index (χ3v) is 22.0. The summed E-state index contributed by atoms with van der Waals surface area (Å²) in [5, 5.41) is 11.6. The minimum Gasteiger partial charge on any atom is -0.309 e. The van der Waals surface area contributed by atoms with Crippen LogP contribution in [0.2, 0.25) is 0 Å². The number of aromatic nitrogens is 8. The Bertz CT molecular complexity index is 7390. The highest BCUT2D eigenvalue weighted by Crippen LogP contribution is 2.44. The predicted molar refractivity (Wildman–Crippen MR) is 448 cm³/mol. The van der Waals surface area contributed by atoms with E-state index in [1.54, 1.807) is 0 Å². The molecule has 16 aromatic carbocycles. The molecule has 0 spiro atoms. The Morgan fingerprint density at radius 3 is 0.935 bits per heavy atom. The second kappa shape index (κ2) is 24.5. The molecular weight excluding hydrogens is 1310 g/mol. The number of hydrogen-bond acceptors (Lipinski definition) is 4. The molecule has 502 valence electrons. The van der Waals surface area contributed by atoms with Crippen molar-refractivity contribution in [3.63, 3.8) is 0 Å². The maximum absolute atomic E-state index is 5.36. The molecule has 8 nitrogen and oxygen atoms in total. The Labute approximate surface area is 620 Å². The van der Waals surface area contributed by atoms with Crippen molar-refractivity contribution in [3.8, 4) is 101 Å². The first-order valence-electron chi connectivity index (χ1n) is 36.7. The van der Waals surface area contributed by atoms with E-state index in [0.717, 1.165) is 145 Å². The smallest absolute Gasteiger partial charge is 0.160 e. The van der Waals surface area contributed by atoms with E-state index in [1.165, 1.54) is 54.1 Å². The van der Waals surface area contributed by atoms with Crippen LogP contribution >= 0.6 is 0 Å². The van der Waals surface area contributed by atoms with Crippen LogP contribution in [0.4, 0.5) is 0 Å². The summed E-state index contributed by atoms with van der Waals surface area (Å²) in [6.45, 7) is 0. The second-order valence-corrected chi connectivity index (χ2v) is 28.1. The lowest BCUT2D eigenvalue weighted by Crippen LogP contribution is -1.98. The van der Waals surface area contributed by atoms with E-state index in [0.29, 0.717) is 11.6 Å². The molecule has 8 heteroatoms. The molecule has 0 saturated carbocycles. The topological polar surface area (TPSA) is 71.3 Å². The highest BCUT2D eigenvalue weighted by Gasteiger charge is 2.22. The van der Waals surface area contributed by atoms with E-state index in [2.05, 4.69) is 376 Å². The summed E-state index contributed by atoms with van der Waals surface area (Å²) in [7, 11) is 0. The van der Waals surface area contributed by atoms with E-state index in [-0.39, 0.29) is 0 Å². The van der Waals surface area contributed by atoms with Crippen LogP contribution in [0.25, 0.3) is 210 Å². The maximum Gasteiger partial charge on any atom is 0.160 e. The molecule has 6 heterocycles. The largest absolute Gasteiger partial charge is 0.309 e. The monoisotopic (exact) mass is 1370 g/mol. The molecule has 0 unspecified atom stereocenters. The fourth-order valence-electron chi connectivity index (χ4n) is 16.9. The summed E-state index contributed by atoms with van der Waals surface area (Å²) in [5.74, 6) is 1.37. The Balaban J connectivity index is 0.635. The summed E-state index contributed by atoms with van der Waals surface area (Å²) < 4.78 is 9.64. The standard InChI is InChI=1S/C100H62N8/c1-4-21-64(22-5-1)97-83-32-10-15-34-87(83)101-99(103-97)66-41-50-75(51-42-66)107-89-36-17-12-29-77(89)80-53-44-70(61-94(80)107)67-47-56-93-86(59-67)79-31-14-19-38-91(79)106(93)74-48-39-63(40-49-74)69-43-52-81-82-54-45-71(68-46-55-92-85(58-68)78-30-13-18-37-90(78)105(92)73-26-8-3-9-27-73)62-96(82)108(95(81)60-69)76-28-20-25-72(57-76)100-102-88-35-16-11-33-84(88)98(104-100)65-23-6-2-7-24-65/h1-62H. The maximum atomic E-state index is 5.36. The van der Waals surface area contributed by atoms with Gasteiger partial charge in [0.25, 0.3) is 0 Å². The number of benzene rings is 16. The zero-order valence-electron chi connectivity index (χ0n) is 58.4. The van der Waals surface area contributed by atoms with E-state index < -0.39 is 0 Å². The van der Waals surface area contributed by atoms with Crippen LogP contribution in [0.5, 0.6) is 0 Å². The van der Waals surface area contributed by atoms with Gasteiger partial charge in [-0.1, -0.05) is 243 Å². The van der Waals surface area contributed by atoms with E-state index in [9.17, 15) is 0 Å². The van der Waals surface area contributed by atoms with Crippen molar-refractivity contribution in [3.05, 3.63) is 376 Å². The number of para-hydroxylation sites is 6. The van der Waals surface area contributed by atoms with Crippen LogP contribution in [-0.2, 0) is 0 Å². The van der Waals surface area contributed by atoms with Gasteiger partial charge < -0.3 is 18.3 Å². The van der Waals surface area contributed by atoms with E-state index in [4.69, 9.17) is 19.9 Å². The van der Waals surface area contributed by atoms with Crippen LogP contribution in [-0.4, -0.2) is 38.2 Å². The predicted octanol–water partition coefficient (Wildman–Crippen LogP) is 25.6. The molecule has 0 aliphatic carbocycles. The minimum absolute atomic E-state index is 0.674. The van der Waals surface area contributed by atoms with Gasteiger partial charge in [-0.15, -0.1) is 0 Å². The lowest BCUT2D eigenvalue weighted by Gasteiger charge is -2.13. The van der Waals surface area contributed by atoms with Gasteiger partial charge in [-0.3, -0.25) is 0 Å². The SMILES string of the molecule is c1ccc(-c2nc(-c3ccc(-n4c5ccccc5c5ccc(-c6ccc7c(c6)c6ccccc6n7-c6ccc(-c7ccc8c9ccc(-c%10ccc%11c(c%10)c%10ccccc%10n%11-c%10ccccc%10)cc9n(-c9cccc(-c%10nc(-c%11ccccc%11)c%11ccccc%11n%10)c9)c8c7)cc6)cc54)cc3)nc3ccccc23)cc1. The average Bonchev–Trinajstić information content (AvgIpc) is 1.58. The Hall–Kier alpha value is -14.6. The first kappa shape index (κ1) is 60.9. The van der Waals surface area contributed by atoms with Crippen molar-refractivity contribution in [1.82, 2.24) is 38.2 Å². The molecule has 22 aromatic rings. The van der Waals surface area contributed by atoms with Gasteiger partial charge in [0.05, 0.1) is 66.6 Å². The minimum atomic E-state index is 0.674. The van der Waals surface area contributed by atoms with Gasteiger partial charge in [-0.25, -0.2) is 19.9 Å². The summed E-state index contributed by atoms with van der Waals surface area (Å²) in [5.41, 5.74) is 28.0. The van der Waals surface area contributed by atoms with Gasteiger partial charge in [-0.2, -0.15) is 0 Å². The summed E-state index contributed by atoms with van der Waals surface area (Å²) in [4.78, 5) is 20.9. The quantitative estimate of drug-likeness (QED) is 0.129. The molecular formula is C100H62N8. The van der Waals surface area contributed by atoms with Crippen molar-refractivity contribution < 1.29 is 0 Å². The second-order valence-electron chi connectivity index (χ2n) is 28.1. The fraction of sp³-hybridized carbons (Fsp3) is 0. The third kappa shape index (κ3) is 9.85. The number of hydrogen-bond donors (Lipinski definition) is 0. The molecule has 0 bridgehead atoms. The van der Waals surface area contributed by atoms with Crippen LogP contribution in [0.3, 0.4) is 0 Å². The lowest BCUT2D eigenvalue weighted by atomic mass is 10.0. The van der Waals surface area contributed by atoms with Crippen molar-refractivity contribution in [2.75, 3.05) is 0 Å². The van der Waals surface area contributed by atoms with Gasteiger partial charge in [0.1, 0.15) is 0 Å². The highest BCUT2D eigenvalue weighted by molar-refractivity contribution is 6.15. The molecule has 0 aliphatic heterocycles. The molecule has 0 N–H and O–H groups in total. The van der Waals surface area contributed by atoms with E-state index in [1.807, 2.05) is 18.2 Å². The van der Waals surface area contributed by atoms with Gasteiger partial charge in [0.2, 0.25) is 0 Å². The first-order chi connectivity index (χ1) is 53.5. The van der Waals surface area contributed by atoms with Gasteiger partial charge in [-0.05, 0) is 167 Å². The van der Waals surface area contributed by atoms with Crippen LogP contribution in [0, 0.1) is 0 Å². The molecule has 0 saturated heterocycles. The third-order valence-electron chi connectivity index (χ3n) is 22.0. The molecule has 22 rings (SSSR count). The summed E-state index contributed by atoms with van der Waals surface area (Å²) in [6, 6.07) is 136. The molecule has 108 heavy (non-hydrogen) atoms. The molecule has 0 fully saturated rings. The molecule has 6 aromatic heterocycles. The fourth-order valence-corrected chi connectivity index (χ4v) is 16.9. The van der Waals surface area contributed by atoms with Crippen LogP contribution in [0.1, 0.15) is 0 Å². The van der Waals surface area contributed by atoms with Crippen LogP contribution < -0.4 is 0 Å². The molecule has 0 atom stereocenters. The Morgan fingerprint density at radius 2 is 0.454 bits per heavy atom. The first-order valence-corrected chi connectivity index (χ1v) is 36.7. The summed E-state index contributed by atoms with van der Waals surface area (Å²) in [6.07, 6.45) is 0.